The van der Waals surface area contributed by atoms with Crippen LogP contribution in [0.5, 0.6) is 5.75 Å². The number of benzene rings is 1. The predicted molar refractivity (Wildman–Crippen MR) is 87.1 cm³/mol. The third-order valence-corrected chi connectivity index (χ3v) is 4.20. The summed E-state index contributed by atoms with van der Waals surface area (Å²) in [5, 5.41) is 7.22. The molecule has 0 amide bonds. The van der Waals surface area contributed by atoms with E-state index in [-0.39, 0.29) is 17.6 Å². The summed E-state index contributed by atoms with van der Waals surface area (Å²) in [5.41, 5.74) is 0.848. The Bertz CT molecular complexity index is 489. The van der Waals surface area contributed by atoms with Crippen LogP contribution < -0.4 is 15.4 Å². The Labute approximate surface area is 131 Å². The lowest BCUT2D eigenvalue weighted by atomic mass is 9.96. The van der Waals surface area contributed by atoms with Crippen molar-refractivity contribution in [2.45, 2.75) is 51.1 Å². The molecule has 1 aliphatic rings. The number of hydrogen-bond donors (Lipinski definition) is 2. The van der Waals surface area contributed by atoms with E-state index in [0.717, 1.165) is 5.56 Å². The molecule has 1 fully saturated rings. The smallest absolute Gasteiger partial charge is 0.166 e. The van der Waals surface area contributed by atoms with Gasteiger partial charge in [0.25, 0.3) is 0 Å². The van der Waals surface area contributed by atoms with Gasteiger partial charge in [-0.2, -0.15) is 0 Å². The van der Waals surface area contributed by atoms with Crippen molar-refractivity contribution < 1.29 is 9.13 Å². The van der Waals surface area contributed by atoms with Crippen molar-refractivity contribution in [2.75, 3.05) is 7.11 Å². The first-order chi connectivity index (χ1) is 10.1. The SMILES string of the molecule is COc1ccc([C@@H](C)NC(=S)NC2CCCCC2)cc1F. The third-order valence-electron chi connectivity index (χ3n) is 3.96. The van der Waals surface area contributed by atoms with Crippen molar-refractivity contribution in [3.05, 3.63) is 29.6 Å². The molecule has 0 bridgehead atoms. The minimum atomic E-state index is -0.352. The van der Waals surface area contributed by atoms with Crippen molar-refractivity contribution in [1.82, 2.24) is 10.6 Å². The van der Waals surface area contributed by atoms with E-state index in [4.69, 9.17) is 17.0 Å². The van der Waals surface area contributed by atoms with Gasteiger partial charge < -0.3 is 15.4 Å². The maximum Gasteiger partial charge on any atom is 0.166 e. The Morgan fingerprint density at radius 3 is 2.67 bits per heavy atom. The molecule has 1 aromatic carbocycles. The highest BCUT2D eigenvalue weighted by atomic mass is 32.1. The molecule has 1 saturated carbocycles. The number of methoxy groups -OCH3 is 1. The van der Waals surface area contributed by atoms with E-state index in [0.29, 0.717) is 11.2 Å². The van der Waals surface area contributed by atoms with Crippen LogP contribution in [0.2, 0.25) is 0 Å². The number of hydrogen-bond acceptors (Lipinski definition) is 2. The fourth-order valence-electron chi connectivity index (χ4n) is 2.71. The Hall–Kier alpha value is -1.36. The Morgan fingerprint density at radius 1 is 1.33 bits per heavy atom. The van der Waals surface area contributed by atoms with Gasteiger partial charge in [-0.15, -0.1) is 0 Å². The van der Waals surface area contributed by atoms with Gasteiger partial charge in [-0.25, -0.2) is 4.39 Å². The zero-order valence-electron chi connectivity index (χ0n) is 12.6. The van der Waals surface area contributed by atoms with Gasteiger partial charge in [0.05, 0.1) is 13.2 Å². The molecule has 0 radical (unpaired) electrons. The van der Waals surface area contributed by atoms with Crippen LogP contribution in [-0.4, -0.2) is 18.3 Å². The summed E-state index contributed by atoms with van der Waals surface area (Å²) in [6, 6.07) is 5.40. The zero-order valence-corrected chi connectivity index (χ0v) is 13.4. The maximum atomic E-state index is 13.7. The van der Waals surface area contributed by atoms with Crippen LogP contribution in [0.25, 0.3) is 0 Å². The molecule has 0 heterocycles. The summed E-state index contributed by atoms with van der Waals surface area (Å²) >= 11 is 5.35. The van der Waals surface area contributed by atoms with Crippen LogP contribution in [-0.2, 0) is 0 Å². The standard InChI is InChI=1S/C16H23FN2OS/c1-11(12-8-9-15(20-2)14(17)10-12)18-16(21)19-13-6-4-3-5-7-13/h8-11,13H,3-7H2,1-2H3,(H2,18,19,21)/t11-/m1/s1. The van der Waals surface area contributed by atoms with Gasteiger partial charge in [0, 0.05) is 6.04 Å². The van der Waals surface area contributed by atoms with E-state index < -0.39 is 0 Å². The Balaban J connectivity index is 1.89. The van der Waals surface area contributed by atoms with Crippen molar-refractivity contribution >= 4 is 17.3 Å². The molecule has 0 unspecified atom stereocenters. The molecule has 0 aliphatic heterocycles. The highest BCUT2D eigenvalue weighted by Crippen LogP contribution is 2.22. The molecule has 1 aliphatic carbocycles. The summed E-state index contributed by atoms with van der Waals surface area (Å²) in [6.45, 7) is 1.97. The Morgan fingerprint density at radius 2 is 2.05 bits per heavy atom. The first-order valence-electron chi connectivity index (χ1n) is 7.50. The van der Waals surface area contributed by atoms with Crippen LogP contribution in [0.3, 0.4) is 0 Å². The van der Waals surface area contributed by atoms with Crippen LogP contribution in [0.15, 0.2) is 18.2 Å². The minimum Gasteiger partial charge on any atom is -0.494 e. The summed E-state index contributed by atoms with van der Waals surface area (Å²) in [6.07, 6.45) is 6.19. The molecular formula is C16H23FN2OS. The molecule has 2 N–H and O–H groups in total. The molecule has 116 valence electrons. The van der Waals surface area contributed by atoms with E-state index >= 15 is 0 Å². The van der Waals surface area contributed by atoms with Crippen molar-refractivity contribution in [3.63, 3.8) is 0 Å². The van der Waals surface area contributed by atoms with E-state index in [1.807, 2.05) is 13.0 Å². The second-order valence-corrected chi connectivity index (χ2v) is 5.98. The molecule has 0 spiro atoms. The van der Waals surface area contributed by atoms with E-state index in [1.165, 1.54) is 45.3 Å². The van der Waals surface area contributed by atoms with Gasteiger partial charge in [-0.3, -0.25) is 0 Å². The highest BCUT2D eigenvalue weighted by Gasteiger charge is 2.16. The average molecular weight is 310 g/mol. The number of thiocarbonyl (C=S) groups is 1. The Kier molecular flexibility index (Phi) is 5.79. The second-order valence-electron chi connectivity index (χ2n) is 5.57. The molecule has 21 heavy (non-hydrogen) atoms. The summed E-state index contributed by atoms with van der Waals surface area (Å²) in [4.78, 5) is 0. The van der Waals surface area contributed by atoms with Crippen LogP contribution >= 0.6 is 12.2 Å². The highest BCUT2D eigenvalue weighted by molar-refractivity contribution is 7.80. The van der Waals surface area contributed by atoms with Crippen molar-refractivity contribution in [1.29, 1.82) is 0 Å². The van der Waals surface area contributed by atoms with Crippen LogP contribution in [0, 0.1) is 5.82 Å². The fourth-order valence-corrected chi connectivity index (χ4v) is 3.05. The number of rotatable bonds is 4. The van der Waals surface area contributed by atoms with Crippen molar-refractivity contribution in [3.8, 4) is 5.75 Å². The average Bonchev–Trinajstić information content (AvgIpc) is 2.48. The topological polar surface area (TPSA) is 33.3 Å². The molecule has 3 nitrogen and oxygen atoms in total. The molecular weight excluding hydrogens is 287 g/mol. The number of halogens is 1. The molecule has 0 aromatic heterocycles. The number of ether oxygens (including phenoxy) is 1. The molecule has 0 saturated heterocycles. The third kappa shape index (κ3) is 4.56. The monoisotopic (exact) mass is 310 g/mol. The van der Waals surface area contributed by atoms with E-state index in [9.17, 15) is 4.39 Å². The fraction of sp³-hybridized carbons (Fsp3) is 0.562. The predicted octanol–water partition coefficient (Wildman–Crippen LogP) is 3.69. The quantitative estimate of drug-likeness (QED) is 0.831. The summed E-state index contributed by atoms with van der Waals surface area (Å²) in [5.74, 6) is -0.0938. The second kappa shape index (κ2) is 7.59. The first kappa shape index (κ1) is 16.0. The summed E-state index contributed by atoms with van der Waals surface area (Å²) < 4.78 is 18.6. The maximum absolute atomic E-state index is 13.7. The molecule has 1 atom stereocenters. The lowest BCUT2D eigenvalue weighted by molar-refractivity contribution is 0.385. The number of nitrogens with one attached hydrogen (secondary N) is 2. The molecule has 5 heteroatoms. The van der Waals surface area contributed by atoms with E-state index in [2.05, 4.69) is 10.6 Å². The van der Waals surface area contributed by atoms with Crippen molar-refractivity contribution in [2.24, 2.45) is 0 Å². The largest absolute Gasteiger partial charge is 0.494 e. The van der Waals surface area contributed by atoms with Gasteiger partial charge in [-0.1, -0.05) is 25.3 Å². The minimum absolute atomic E-state index is 0.0472. The van der Waals surface area contributed by atoms with E-state index in [1.54, 1.807) is 6.07 Å². The van der Waals surface area contributed by atoms with Crippen LogP contribution in [0.1, 0.15) is 50.6 Å². The molecule has 1 aromatic rings. The summed E-state index contributed by atoms with van der Waals surface area (Å²) in [7, 11) is 1.46. The lowest BCUT2D eigenvalue weighted by Crippen LogP contribution is -2.43. The van der Waals surface area contributed by atoms with Crippen LogP contribution in [0.4, 0.5) is 4.39 Å². The van der Waals surface area contributed by atoms with Gasteiger partial charge in [-0.05, 0) is 49.7 Å². The zero-order chi connectivity index (χ0) is 15.2. The van der Waals surface area contributed by atoms with Gasteiger partial charge >= 0.3 is 0 Å². The first-order valence-corrected chi connectivity index (χ1v) is 7.91. The molecule has 2 rings (SSSR count). The van der Waals surface area contributed by atoms with Gasteiger partial charge in [0.1, 0.15) is 0 Å². The normalized spacial score (nSPS) is 17.1. The lowest BCUT2D eigenvalue weighted by Gasteiger charge is -2.26. The van der Waals surface area contributed by atoms with Gasteiger partial charge in [0.2, 0.25) is 0 Å². The van der Waals surface area contributed by atoms with Gasteiger partial charge in [0.15, 0.2) is 16.7 Å².